The number of hydrogen-bond donors (Lipinski definition) is 1. The van der Waals surface area contributed by atoms with E-state index in [1.165, 1.54) is 6.66 Å². The van der Waals surface area contributed by atoms with Gasteiger partial charge in [-0.25, -0.2) is 4.79 Å². The van der Waals surface area contributed by atoms with Gasteiger partial charge in [0.2, 0.25) is 0 Å². The average Bonchev–Trinajstić information content (AvgIpc) is 1.67. The number of rotatable bonds is 2. The first kappa shape index (κ1) is 7.57. The fraction of sp³-hybridized carbons (Fsp3) is 0.750. The Labute approximate surface area is 49.3 Å². The Bertz CT molecular complexity index is 113. The van der Waals surface area contributed by atoms with Gasteiger partial charge in [0.1, 0.15) is 6.66 Å². The SMILES string of the molecule is CCNC(=O)[P+](C)=O. The summed E-state index contributed by atoms with van der Waals surface area (Å²) in [5, 5.41) is 2.42. The molecule has 1 amide bonds. The highest BCUT2D eigenvalue weighted by Gasteiger charge is 2.18. The normalized spacial score (nSPS) is 10.5. The lowest BCUT2D eigenvalue weighted by molar-refractivity contribution is 0.259. The molecular weight excluding hydrogens is 125 g/mol. The summed E-state index contributed by atoms with van der Waals surface area (Å²) >= 11 is 0. The Kier molecular flexibility index (Phi) is 3.37. The molecule has 3 nitrogen and oxygen atoms in total. The van der Waals surface area contributed by atoms with E-state index in [-0.39, 0.29) is 5.65 Å². The number of nitrogens with one attached hydrogen (secondary N) is 1. The molecule has 46 valence electrons. The molecule has 0 aliphatic heterocycles. The molecule has 1 atom stereocenters. The van der Waals surface area contributed by atoms with Crippen molar-refractivity contribution in [2.75, 3.05) is 13.2 Å². The van der Waals surface area contributed by atoms with E-state index in [0.717, 1.165) is 0 Å². The fourth-order valence-electron chi connectivity index (χ4n) is 0.263. The Morgan fingerprint density at radius 2 is 2.25 bits per heavy atom. The fourth-order valence-corrected chi connectivity index (χ4v) is 0.643. The van der Waals surface area contributed by atoms with Gasteiger partial charge in [-0.1, -0.05) is 4.57 Å². The van der Waals surface area contributed by atoms with Crippen LogP contribution in [0.4, 0.5) is 4.79 Å². The van der Waals surface area contributed by atoms with Gasteiger partial charge in [-0.05, 0) is 6.92 Å². The molecule has 4 heteroatoms. The number of carbonyl (C=O) groups is 1. The first-order valence-corrected chi connectivity index (χ1v) is 4.07. The molecule has 0 fully saturated rings. The van der Waals surface area contributed by atoms with Crippen LogP contribution in [0.25, 0.3) is 0 Å². The first-order valence-electron chi connectivity index (χ1n) is 2.37. The average molecular weight is 134 g/mol. The van der Waals surface area contributed by atoms with Gasteiger partial charge in [0.15, 0.2) is 0 Å². The Hall–Kier alpha value is -0.430. The topological polar surface area (TPSA) is 46.2 Å². The van der Waals surface area contributed by atoms with Gasteiger partial charge in [-0.3, -0.25) is 0 Å². The second kappa shape index (κ2) is 3.56. The molecule has 0 heterocycles. The van der Waals surface area contributed by atoms with Crippen molar-refractivity contribution >= 4 is 13.4 Å². The largest absolute Gasteiger partial charge is 0.459 e. The van der Waals surface area contributed by atoms with Crippen LogP contribution in [0.5, 0.6) is 0 Å². The van der Waals surface area contributed by atoms with Crippen LogP contribution in [-0.4, -0.2) is 18.9 Å². The lowest BCUT2D eigenvalue weighted by Gasteiger charge is -1.84. The van der Waals surface area contributed by atoms with Crippen molar-refractivity contribution in [2.45, 2.75) is 6.92 Å². The molecule has 0 radical (unpaired) electrons. The lowest BCUT2D eigenvalue weighted by atomic mass is 10.8. The van der Waals surface area contributed by atoms with Gasteiger partial charge in [-0.2, -0.15) is 0 Å². The van der Waals surface area contributed by atoms with Crippen LogP contribution in [0.3, 0.4) is 0 Å². The summed E-state index contributed by atoms with van der Waals surface area (Å²) < 4.78 is 10.3. The molecular formula is C4H9NO2P+. The summed E-state index contributed by atoms with van der Waals surface area (Å²) in [5.74, 6) is 0. The summed E-state index contributed by atoms with van der Waals surface area (Å²) in [7, 11) is -1.67. The predicted molar refractivity (Wildman–Crippen MR) is 32.6 cm³/mol. The first-order chi connectivity index (χ1) is 3.68. The van der Waals surface area contributed by atoms with E-state index in [1.54, 1.807) is 6.92 Å². The zero-order chi connectivity index (χ0) is 6.57. The molecule has 0 aliphatic carbocycles. The maximum atomic E-state index is 10.3. The molecule has 0 spiro atoms. The van der Waals surface area contributed by atoms with Gasteiger partial charge < -0.3 is 5.32 Å². The van der Waals surface area contributed by atoms with E-state index < -0.39 is 7.80 Å². The molecule has 8 heavy (non-hydrogen) atoms. The summed E-state index contributed by atoms with van der Waals surface area (Å²) in [6, 6.07) is 0. The quantitative estimate of drug-likeness (QED) is 0.576. The number of carbonyl (C=O) groups excluding carboxylic acids is 1. The van der Waals surface area contributed by atoms with Crippen LogP contribution in [0.2, 0.25) is 0 Å². The third-order valence-corrected chi connectivity index (χ3v) is 1.34. The molecule has 0 aromatic heterocycles. The predicted octanol–water partition coefficient (Wildman–Crippen LogP) is 1.17. The van der Waals surface area contributed by atoms with Crippen LogP contribution in [0.15, 0.2) is 0 Å². The van der Waals surface area contributed by atoms with E-state index in [2.05, 4.69) is 5.32 Å². The van der Waals surface area contributed by atoms with Crippen LogP contribution in [0, 0.1) is 0 Å². The van der Waals surface area contributed by atoms with Crippen molar-refractivity contribution in [3.8, 4) is 0 Å². The van der Waals surface area contributed by atoms with Crippen molar-refractivity contribution in [1.29, 1.82) is 0 Å². The van der Waals surface area contributed by atoms with Gasteiger partial charge >= 0.3 is 13.4 Å². The second-order valence-corrected chi connectivity index (χ2v) is 2.73. The third-order valence-electron chi connectivity index (χ3n) is 0.614. The second-order valence-electron chi connectivity index (χ2n) is 1.33. The Balaban J connectivity index is 3.49. The minimum Gasteiger partial charge on any atom is -0.314 e. The van der Waals surface area contributed by atoms with Gasteiger partial charge in [0, 0.05) is 6.54 Å². The summed E-state index contributed by atoms with van der Waals surface area (Å²) in [6.45, 7) is 3.73. The van der Waals surface area contributed by atoms with E-state index in [9.17, 15) is 9.36 Å². The van der Waals surface area contributed by atoms with Crippen LogP contribution < -0.4 is 5.32 Å². The lowest BCUT2D eigenvalue weighted by Crippen LogP contribution is -2.16. The molecule has 0 aromatic rings. The van der Waals surface area contributed by atoms with E-state index in [4.69, 9.17) is 0 Å². The maximum Gasteiger partial charge on any atom is 0.459 e. The van der Waals surface area contributed by atoms with Crippen molar-refractivity contribution in [1.82, 2.24) is 5.32 Å². The zero-order valence-corrected chi connectivity index (χ0v) is 5.87. The molecule has 0 saturated heterocycles. The number of hydrogen-bond acceptors (Lipinski definition) is 2. The highest BCUT2D eigenvalue weighted by Crippen LogP contribution is 2.12. The number of amides is 1. The van der Waals surface area contributed by atoms with Crippen molar-refractivity contribution in [3.63, 3.8) is 0 Å². The molecule has 0 aliphatic rings. The summed E-state index contributed by atoms with van der Waals surface area (Å²) in [5.41, 5.74) is -0.359. The van der Waals surface area contributed by atoms with Crippen molar-refractivity contribution < 1.29 is 9.36 Å². The smallest absolute Gasteiger partial charge is 0.314 e. The monoisotopic (exact) mass is 134 g/mol. The van der Waals surface area contributed by atoms with Crippen LogP contribution in [0.1, 0.15) is 6.92 Å². The highest BCUT2D eigenvalue weighted by atomic mass is 31.1. The van der Waals surface area contributed by atoms with Crippen LogP contribution >= 0.6 is 7.80 Å². The van der Waals surface area contributed by atoms with E-state index >= 15 is 0 Å². The maximum absolute atomic E-state index is 10.3. The minimum absolute atomic E-state index is 0.359. The Morgan fingerprint density at radius 3 is 2.38 bits per heavy atom. The van der Waals surface area contributed by atoms with Gasteiger partial charge in [0.25, 0.3) is 0 Å². The zero-order valence-electron chi connectivity index (χ0n) is 4.97. The molecule has 0 bridgehead atoms. The Morgan fingerprint density at radius 1 is 1.75 bits per heavy atom. The highest BCUT2D eigenvalue weighted by molar-refractivity contribution is 7.62. The van der Waals surface area contributed by atoms with Crippen molar-refractivity contribution in [2.24, 2.45) is 0 Å². The minimum atomic E-state index is -1.67. The summed E-state index contributed by atoms with van der Waals surface area (Å²) in [6.07, 6.45) is 0. The standard InChI is InChI=1S/C4H8NO2P/c1-3-5-4(6)8(2)7/h3H2,1-2H3/p+1. The van der Waals surface area contributed by atoms with Crippen LogP contribution in [-0.2, 0) is 4.57 Å². The van der Waals surface area contributed by atoms with Gasteiger partial charge in [0.05, 0.1) is 0 Å². The van der Waals surface area contributed by atoms with Gasteiger partial charge in [-0.15, -0.1) is 0 Å². The van der Waals surface area contributed by atoms with E-state index in [1.807, 2.05) is 0 Å². The summed E-state index contributed by atoms with van der Waals surface area (Å²) in [4.78, 5) is 10.3. The molecule has 0 aromatic carbocycles. The van der Waals surface area contributed by atoms with E-state index in [0.29, 0.717) is 6.54 Å². The third kappa shape index (κ3) is 2.69. The van der Waals surface area contributed by atoms with Crippen molar-refractivity contribution in [3.05, 3.63) is 0 Å². The molecule has 0 rings (SSSR count). The molecule has 0 saturated carbocycles. The molecule has 1 N–H and O–H groups in total. The molecule has 1 unspecified atom stereocenters.